The van der Waals surface area contributed by atoms with Gasteiger partial charge in [-0.1, -0.05) is 275 Å². The van der Waals surface area contributed by atoms with Crippen LogP contribution in [0.4, 0.5) is 0 Å². The minimum absolute atomic E-state index is 0.00182. The van der Waals surface area contributed by atoms with Crippen molar-refractivity contribution in [2.45, 2.75) is 347 Å². The Hall–Kier alpha value is -1.92. The van der Waals surface area contributed by atoms with Gasteiger partial charge in [0.05, 0.1) is 25.4 Å². The third-order valence-electron chi connectivity index (χ3n) is 14.4. The van der Waals surface area contributed by atoms with Crippen molar-refractivity contribution in [3.63, 3.8) is 0 Å². The van der Waals surface area contributed by atoms with Crippen LogP contribution < -0.4 is 5.32 Å². The molecular weight excluding hydrogens is 863 g/mol. The van der Waals surface area contributed by atoms with Crippen molar-refractivity contribution in [3.8, 4) is 0 Å². The first-order chi connectivity index (χ1) is 34.5. The second-order valence-electron chi connectivity index (χ2n) is 21.4. The summed E-state index contributed by atoms with van der Waals surface area (Å²) in [6.07, 6.45) is 74.6. The Morgan fingerprint density at radius 3 is 1.01 bits per heavy atom. The van der Waals surface area contributed by atoms with Crippen molar-refractivity contribution < 1.29 is 24.5 Å². The maximum atomic E-state index is 12.5. The van der Waals surface area contributed by atoms with Gasteiger partial charge in [-0.15, -0.1) is 0 Å². The number of aliphatic hydroxyl groups excluding tert-OH is 2. The lowest BCUT2D eigenvalue weighted by Crippen LogP contribution is -2.45. The highest BCUT2D eigenvalue weighted by Gasteiger charge is 2.18. The highest BCUT2D eigenvalue weighted by atomic mass is 16.5. The Balaban J connectivity index is 3.45. The number of amides is 1. The molecule has 1 amide bonds. The molecule has 0 aliphatic heterocycles. The molecule has 0 aromatic rings. The van der Waals surface area contributed by atoms with E-state index in [1.54, 1.807) is 6.08 Å². The van der Waals surface area contributed by atoms with Gasteiger partial charge in [-0.2, -0.15) is 0 Å². The minimum Gasteiger partial charge on any atom is -0.466 e. The van der Waals surface area contributed by atoms with Crippen LogP contribution in [-0.4, -0.2) is 47.4 Å². The second kappa shape index (κ2) is 59.6. The topological polar surface area (TPSA) is 95.9 Å². The maximum absolute atomic E-state index is 12.5. The first-order valence-corrected chi connectivity index (χ1v) is 31.3. The third-order valence-corrected chi connectivity index (χ3v) is 14.4. The van der Waals surface area contributed by atoms with Crippen LogP contribution in [0.2, 0.25) is 0 Å². The summed E-state index contributed by atoms with van der Waals surface area (Å²) in [4.78, 5) is 24.6. The monoisotopic (exact) mass is 984 g/mol. The van der Waals surface area contributed by atoms with Crippen molar-refractivity contribution in [1.82, 2.24) is 5.32 Å². The molecule has 0 radical (unpaired) electrons. The van der Waals surface area contributed by atoms with Gasteiger partial charge in [0.1, 0.15) is 0 Å². The summed E-state index contributed by atoms with van der Waals surface area (Å²) in [5, 5.41) is 23.1. The van der Waals surface area contributed by atoms with Crippen LogP contribution in [0, 0.1) is 0 Å². The summed E-state index contributed by atoms with van der Waals surface area (Å²) in [6, 6.07) is -0.638. The van der Waals surface area contributed by atoms with Gasteiger partial charge in [-0.3, -0.25) is 9.59 Å². The molecule has 6 heteroatoms. The van der Waals surface area contributed by atoms with Crippen LogP contribution in [0.5, 0.6) is 0 Å². The molecule has 0 aromatic carbocycles. The number of allylic oxidation sites excluding steroid dienone is 5. The van der Waals surface area contributed by atoms with Crippen LogP contribution in [0.15, 0.2) is 36.5 Å². The first-order valence-electron chi connectivity index (χ1n) is 31.3. The molecular formula is C64H121NO5. The SMILES string of the molecule is CCCCCCCC/C=C\CCCCCCCCCCCC(=O)OCCCCCCCCCCC/C=C\CCCCCCCC(=O)NC(CO)C(O)/C=C/CCCCCCCCCCCCCCCC. The lowest BCUT2D eigenvalue weighted by molar-refractivity contribution is -0.143. The molecule has 70 heavy (non-hydrogen) atoms. The number of hydrogen-bond acceptors (Lipinski definition) is 5. The van der Waals surface area contributed by atoms with E-state index >= 15 is 0 Å². The normalized spacial score (nSPS) is 12.8. The molecule has 0 rings (SSSR count). The zero-order valence-corrected chi connectivity index (χ0v) is 47.0. The van der Waals surface area contributed by atoms with Crippen LogP contribution in [0.3, 0.4) is 0 Å². The van der Waals surface area contributed by atoms with Gasteiger partial charge in [0.2, 0.25) is 5.91 Å². The molecule has 3 N–H and O–H groups in total. The minimum atomic E-state index is -0.853. The summed E-state index contributed by atoms with van der Waals surface area (Å²) in [6.45, 7) is 4.90. The molecule has 0 bridgehead atoms. The number of unbranched alkanes of at least 4 members (excludes halogenated alkanes) is 43. The zero-order chi connectivity index (χ0) is 50.7. The predicted molar refractivity (Wildman–Crippen MR) is 306 cm³/mol. The van der Waals surface area contributed by atoms with Gasteiger partial charge in [0.25, 0.3) is 0 Å². The van der Waals surface area contributed by atoms with E-state index in [0.717, 1.165) is 57.8 Å². The average molecular weight is 985 g/mol. The highest BCUT2D eigenvalue weighted by molar-refractivity contribution is 5.76. The lowest BCUT2D eigenvalue weighted by Gasteiger charge is -2.20. The largest absolute Gasteiger partial charge is 0.466 e. The van der Waals surface area contributed by atoms with Crippen molar-refractivity contribution in [1.29, 1.82) is 0 Å². The van der Waals surface area contributed by atoms with Crippen molar-refractivity contribution in [3.05, 3.63) is 36.5 Å². The van der Waals surface area contributed by atoms with E-state index in [1.807, 2.05) is 6.08 Å². The zero-order valence-electron chi connectivity index (χ0n) is 47.0. The fourth-order valence-electron chi connectivity index (χ4n) is 9.57. The van der Waals surface area contributed by atoms with Gasteiger partial charge >= 0.3 is 5.97 Å². The van der Waals surface area contributed by atoms with E-state index in [2.05, 4.69) is 43.5 Å². The molecule has 2 unspecified atom stereocenters. The fraction of sp³-hybridized carbons (Fsp3) is 0.875. The van der Waals surface area contributed by atoms with Crippen molar-refractivity contribution in [2.24, 2.45) is 0 Å². The number of rotatable bonds is 58. The number of nitrogens with one attached hydrogen (secondary N) is 1. The fourth-order valence-corrected chi connectivity index (χ4v) is 9.57. The van der Waals surface area contributed by atoms with E-state index in [-0.39, 0.29) is 18.5 Å². The summed E-state index contributed by atoms with van der Waals surface area (Å²) >= 11 is 0. The van der Waals surface area contributed by atoms with E-state index in [0.29, 0.717) is 19.4 Å². The highest BCUT2D eigenvalue weighted by Crippen LogP contribution is 2.17. The predicted octanol–water partition coefficient (Wildman–Crippen LogP) is 19.6. The van der Waals surface area contributed by atoms with Crippen LogP contribution in [0.1, 0.15) is 335 Å². The number of carbonyl (C=O) groups is 2. The number of ether oxygens (including phenoxy) is 1. The van der Waals surface area contributed by atoms with Crippen molar-refractivity contribution in [2.75, 3.05) is 13.2 Å². The summed E-state index contributed by atoms with van der Waals surface area (Å²) < 4.78 is 5.49. The number of hydrogen-bond donors (Lipinski definition) is 3. The summed E-state index contributed by atoms with van der Waals surface area (Å²) in [5.41, 5.74) is 0. The molecule has 0 spiro atoms. The molecule has 412 valence electrons. The molecule has 0 saturated heterocycles. The standard InChI is InChI=1S/C64H121NO5/c1-3-5-7-9-11-13-15-17-19-21-22-26-30-34-38-42-46-50-54-58-64(69)70-59-55-51-47-43-39-35-31-27-24-23-25-29-33-37-41-45-49-53-57-63(68)65-61(60-66)62(67)56-52-48-44-40-36-32-28-20-18-16-14-12-10-8-6-4-2/h17,19,25,29,52,56,61-62,66-67H,3-16,18,20-24,26-28,30-51,53-55,57-60H2,1-2H3,(H,65,68)/b19-17-,29-25-,56-52+. The molecule has 0 aromatic heterocycles. The molecule has 0 saturated carbocycles. The van der Waals surface area contributed by atoms with Crippen molar-refractivity contribution >= 4 is 11.9 Å². The van der Waals surface area contributed by atoms with E-state index in [1.165, 1.54) is 250 Å². The number of carbonyl (C=O) groups excluding carboxylic acids is 2. The Bertz CT molecular complexity index is 1130. The van der Waals surface area contributed by atoms with Gasteiger partial charge in [0.15, 0.2) is 0 Å². The third kappa shape index (κ3) is 55.4. The smallest absolute Gasteiger partial charge is 0.305 e. The molecule has 0 heterocycles. The number of esters is 1. The number of aliphatic hydroxyl groups is 2. The molecule has 2 atom stereocenters. The van der Waals surface area contributed by atoms with E-state index in [9.17, 15) is 19.8 Å². The quantitative estimate of drug-likeness (QED) is 0.0321. The summed E-state index contributed by atoms with van der Waals surface area (Å²) in [7, 11) is 0. The van der Waals surface area contributed by atoms with E-state index < -0.39 is 12.1 Å². The molecule has 0 aliphatic carbocycles. The van der Waals surface area contributed by atoms with E-state index in [4.69, 9.17) is 4.74 Å². The first kappa shape index (κ1) is 68.1. The van der Waals surface area contributed by atoms with Crippen LogP contribution >= 0.6 is 0 Å². The summed E-state index contributed by atoms with van der Waals surface area (Å²) in [5.74, 6) is -0.0792. The molecule has 6 nitrogen and oxygen atoms in total. The Morgan fingerprint density at radius 1 is 0.386 bits per heavy atom. The average Bonchev–Trinajstić information content (AvgIpc) is 3.36. The Morgan fingerprint density at radius 2 is 0.671 bits per heavy atom. The maximum Gasteiger partial charge on any atom is 0.305 e. The van der Waals surface area contributed by atoms with Crippen LogP contribution in [0.25, 0.3) is 0 Å². The Labute approximate surface area is 436 Å². The van der Waals surface area contributed by atoms with Crippen LogP contribution in [-0.2, 0) is 14.3 Å². The van der Waals surface area contributed by atoms with Gasteiger partial charge in [-0.05, 0) is 83.5 Å². The molecule has 0 aliphatic rings. The Kier molecular flexibility index (Phi) is 58.0. The van der Waals surface area contributed by atoms with Gasteiger partial charge in [0, 0.05) is 12.8 Å². The van der Waals surface area contributed by atoms with Gasteiger partial charge < -0.3 is 20.3 Å². The van der Waals surface area contributed by atoms with Gasteiger partial charge in [-0.25, -0.2) is 0 Å². The lowest BCUT2D eigenvalue weighted by atomic mass is 10.0. The second-order valence-corrected chi connectivity index (χ2v) is 21.4. The molecule has 0 fully saturated rings.